The third-order valence-electron chi connectivity index (χ3n) is 2.37. The summed E-state index contributed by atoms with van der Waals surface area (Å²) in [5.74, 6) is 0.731. The lowest BCUT2D eigenvalue weighted by molar-refractivity contribution is 0.678. The minimum Gasteiger partial charge on any atom is -0.384 e. The summed E-state index contributed by atoms with van der Waals surface area (Å²) in [6.45, 7) is 5.03. The van der Waals surface area contributed by atoms with E-state index in [9.17, 15) is 4.21 Å². The second kappa shape index (κ2) is 7.27. The quantitative estimate of drug-likeness (QED) is 0.783. The molecule has 96 valence electrons. The van der Waals surface area contributed by atoms with Crippen molar-refractivity contribution in [3.8, 4) is 0 Å². The van der Waals surface area contributed by atoms with E-state index in [4.69, 9.17) is 0 Å². The molecule has 2 N–H and O–H groups in total. The molecular weight excluding hydrogens is 234 g/mol. The Morgan fingerprint density at radius 3 is 2.76 bits per heavy atom. The van der Waals surface area contributed by atoms with Crippen LogP contribution in [0, 0.1) is 0 Å². The third-order valence-corrected chi connectivity index (χ3v) is 3.18. The molecule has 2 unspecified atom stereocenters. The smallest absolute Gasteiger partial charge is 0.0549 e. The molecule has 0 bridgehead atoms. The first-order valence-electron chi connectivity index (χ1n) is 5.87. The number of anilines is 2. The van der Waals surface area contributed by atoms with Gasteiger partial charge in [-0.05, 0) is 26.3 Å². The second-order valence-corrected chi connectivity index (χ2v) is 5.66. The van der Waals surface area contributed by atoms with Crippen LogP contribution in [-0.2, 0) is 10.8 Å². The van der Waals surface area contributed by atoms with Gasteiger partial charge in [-0.25, -0.2) is 0 Å². The third kappa shape index (κ3) is 5.68. The predicted molar refractivity (Wildman–Crippen MR) is 75.0 cm³/mol. The van der Waals surface area contributed by atoms with E-state index in [2.05, 4.69) is 29.5 Å². The largest absolute Gasteiger partial charge is 0.384 e. The number of hydrogen-bond acceptors (Lipinski definition) is 4. The molecule has 1 rings (SSSR count). The van der Waals surface area contributed by atoms with Crippen molar-refractivity contribution in [3.63, 3.8) is 0 Å². The Labute approximate surface area is 106 Å². The molecular formula is C12H21N3OS. The van der Waals surface area contributed by atoms with E-state index >= 15 is 0 Å². The summed E-state index contributed by atoms with van der Waals surface area (Å²) in [5, 5.41) is 6.58. The molecule has 1 aromatic heterocycles. The van der Waals surface area contributed by atoms with Gasteiger partial charge in [-0.1, -0.05) is 0 Å². The lowest BCUT2D eigenvalue weighted by Gasteiger charge is -2.15. The van der Waals surface area contributed by atoms with E-state index in [0.717, 1.165) is 30.1 Å². The molecule has 0 amide bonds. The van der Waals surface area contributed by atoms with Crippen LogP contribution in [0.1, 0.15) is 20.3 Å². The number of aromatic nitrogens is 1. The second-order valence-electron chi connectivity index (χ2n) is 4.10. The summed E-state index contributed by atoms with van der Waals surface area (Å²) >= 11 is 0. The normalized spacial score (nSPS) is 14.1. The van der Waals surface area contributed by atoms with Crippen molar-refractivity contribution >= 4 is 22.2 Å². The molecule has 5 heteroatoms. The van der Waals surface area contributed by atoms with Crippen molar-refractivity contribution in [1.82, 2.24) is 4.98 Å². The van der Waals surface area contributed by atoms with Gasteiger partial charge >= 0.3 is 0 Å². The number of hydrogen-bond donors (Lipinski definition) is 2. The van der Waals surface area contributed by atoms with Gasteiger partial charge in [-0.3, -0.25) is 9.19 Å². The number of pyridine rings is 1. The van der Waals surface area contributed by atoms with Crippen molar-refractivity contribution < 1.29 is 4.21 Å². The van der Waals surface area contributed by atoms with E-state index in [-0.39, 0.29) is 0 Å². The van der Waals surface area contributed by atoms with Gasteiger partial charge in [0.25, 0.3) is 0 Å². The Balaban J connectivity index is 2.49. The lowest BCUT2D eigenvalue weighted by atomic mass is 10.2. The maximum absolute atomic E-state index is 11.0. The maximum Gasteiger partial charge on any atom is 0.0549 e. The molecule has 1 heterocycles. The maximum atomic E-state index is 11.0. The summed E-state index contributed by atoms with van der Waals surface area (Å²) < 4.78 is 11.0. The van der Waals surface area contributed by atoms with Gasteiger partial charge in [-0.2, -0.15) is 0 Å². The van der Waals surface area contributed by atoms with Crippen LogP contribution in [0.15, 0.2) is 18.5 Å². The Bertz CT molecular complexity index is 371. The summed E-state index contributed by atoms with van der Waals surface area (Å²) in [5.41, 5.74) is 2.02. The van der Waals surface area contributed by atoms with Gasteiger partial charge in [0.1, 0.15) is 0 Å². The van der Waals surface area contributed by atoms with Gasteiger partial charge in [0.05, 0.1) is 23.8 Å². The fourth-order valence-electron chi connectivity index (χ4n) is 1.52. The molecule has 0 aliphatic heterocycles. The zero-order chi connectivity index (χ0) is 12.7. The summed E-state index contributed by atoms with van der Waals surface area (Å²) in [4.78, 5) is 4.17. The van der Waals surface area contributed by atoms with Crippen LogP contribution in [0.4, 0.5) is 11.4 Å². The van der Waals surface area contributed by atoms with E-state index < -0.39 is 10.8 Å². The molecule has 0 saturated heterocycles. The first kappa shape index (κ1) is 14.0. The zero-order valence-corrected chi connectivity index (χ0v) is 11.5. The summed E-state index contributed by atoms with van der Waals surface area (Å²) in [6.07, 6.45) is 6.25. The van der Waals surface area contributed by atoms with Crippen LogP contribution in [-0.4, -0.2) is 33.8 Å². The van der Waals surface area contributed by atoms with Crippen LogP contribution in [0.2, 0.25) is 0 Å². The number of nitrogens with one attached hydrogen (secondary N) is 2. The Kier molecular flexibility index (Phi) is 5.97. The average molecular weight is 255 g/mol. The van der Waals surface area contributed by atoms with Crippen molar-refractivity contribution in [2.45, 2.75) is 26.3 Å². The molecule has 1 aromatic rings. The molecule has 0 aliphatic carbocycles. The van der Waals surface area contributed by atoms with Gasteiger partial charge < -0.3 is 10.6 Å². The summed E-state index contributed by atoms with van der Waals surface area (Å²) in [6, 6.07) is 2.34. The van der Waals surface area contributed by atoms with Gasteiger partial charge in [-0.15, -0.1) is 0 Å². The molecule has 17 heavy (non-hydrogen) atoms. The number of rotatable bonds is 7. The van der Waals surface area contributed by atoms with Gasteiger partial charge in [0.15, 0.2) is 0 Å². The summed E-state index contributed by atoms with van der Waals surface area (Å²) in [7, 11) is -0.720. The van der Waals surface area contributed by atoms with E-state index in [1.807, 2.05) is 6.07 Å². The van der Waals surface area contributed by atoms with Crippen molar-refractivity contribution in [3.05, 3.63) is 18.5 Å². The Morgan fingerprint density at radius 2 is 2.12 bits per heavy atom. The minimum atomic E-state index is -0.720. The van der Waals surface area contributed by atoms with Crippen LogP contribution in [0.3, 0.4) is 0 Å². The Hall–Kier alpha value is -1.10. The van der Waals surface area contributed by atoms with Crippen LogP contribution in [0.25, 0.3) is 0 Å². The monoisotopic (exact) mass is 255 g/mol. The standard InChI is InChI=1S/C12H21N3OS/c1-4-14-11-7-12(9-13-8-11)15-10(2)5-6-17(3)16/h7-10,14-15H,4-6H2,1-3H3. The minimum absolute atomic E-state index is 0.303. The molecule has 0 fully saturated rings. The molecule has 0 radical (unpaired) electrons. The van der Waals surface area contributed by atoms with Crippen molar-refractivity contribution in [1.29, 1.82) is 0 Å². The first-order valence-corrected chi connectivity index (χ1v) is 7.60. The fourth-order valence-corrected chi connectivity index (χ4v) is 2.20. The zero-order valence-electron chi connectivity index (χ0n) is 10.7. The molecule has 0 aliphatic rings. The first-order chi connectivity index (χ1) is 8.11. The molecule has 2 atom stereocenters. The SMILES string of the molecule is CCNc1cncc(NC(C)CCS(C)=O)c1. The van der Waals surface area contributed by atoms with Crippen molar-refractivity contribution in [2.75, 3.05) is 29.2 Å². The van der Waals surface area contributed by atoms with Gasteiger partial charge in [0, 0.05) is 35.4 Å². The van der Waals surface area contributed by atoms with Crippen LogP contribution < -0.4 is 10.6 Å². The highest BCUT2D eigenvalue weighted by Gasteiger charge is 2.04. The fraction of sp³-hybridized carbons (Fsp3) is 0.583. The predicted octanol–water partition coefficient (Wildman–Crippen LogP) is 2.08. The van der Waals surface area contributed by atoms with E-state index in [1.54, 1.807) is 18.6 Å². The average Bonchev–Trinajstić information content (AvgIpc) is 2.27. The lowest BCUT2D eigenvalue weighted by Crippen LogP contribution is -2.18. The van der Waals surface area contributed by atoms with Crippen LogP contribution in [0.5, 0.6) is 0 Å². The highest BCUT2D eigenvalue weighted by Crippen LogP contribution is 2.14. The highest BCUT2D eigenvalue weighted by molar-refractivity contribution is 7.84. The Morgan fingerprint density at radius 1 is 1.41 bits per heavy atom. The molecule has 0 saturated carbocycles. The highest BCUT2D eigenvalue weighted by atomic mass is 32.2. The molecule has 0 aromatic carbocycles. The van der Waals surface area contributed by atoms with Crippen molar-refractivity contribution in [2.24, 2.45) is 0 Å². The van der Waals surface area contributed by atoms with E-state index in [0.29, 0.717) is 6.04 Å². The molecule has 4 nitrogen and oxygen atoms in total. The van der Waals surface area contributed by atoms with Gasteiger partial charge in [0.2, 0.25) is 0 Å². The van der Waals surface area contributed by atoms with E-state index in [1.165, 1.54) is 0 Å². The topological polar surface area (TPSA) is 54.0 Å². The van der Waals surface area contributed by atoms with Crippen LogP contribution >= 0.6 is 0 Å². The molecule has 0 spiro atoms. The number of nitrogens with zero attached hydrogens (tertiary/aromatic N) is 1.